The Hall–Kier alpha value is -2.95. The molecule has 0 aliphatic carbocycles. The third-order valence-electron chi connectivity index (χ3n) is 3.91. The molecular weight excluding hydrogens is 328 g/mol. The van der Waals surface area contributed by atoms with Crippen molar-refractivity contribution in [2.24, 2.45) is 0 Å². The second-order valence-electron chi connectivity index (χ2n) is 6.17. The number of carbonyl (C=O) groups is 2. The Morgan fingerprint density at radius 2 is 1.92 bits per heavy atom. The normalized spacial score (nSPS) is 10.8. The summed E-state index contributed by atoms with van der Waals surface area (Å²) in [4.78, 5) is 29.3. The first-order chi connectivity index (χ1) is 12.5. The number of rotatable bonds is 9. The van der Waals surface area contributed by atoms with E-state index in [0.29, 0.717) is 19.4 Å². The number of carboxylic acid groups (broad SMARTS) is 1. The van der Waals surface area contributed by atoms with E-state index in [-0.39, 0.29) is 18.7 Å². The number of benzene rings is 1. The lowest BCUT2D eigenvalue weighted by atomic mass is 10.1. The summed E-state index contributed by atoms with van der Waals surface area (Å²) in [5, 5.41) is 8.76. The number of carbonyl (C=O) groups excluding carboxylic acids is 1. The lowest BCUT2D eigenvalue weighted by molar-refractivity contribution is -0.137. The van der Waals surface area contributed by atoms with E-state index in [1.54, 1.807) is 17.3 Å². The number of aliphatic carboxylic acids is 1. The zero-order valence-corrected chi connectivity index (χ0v) is 15.0. The minimum Gasteiger partial charge on any atom is -0.481 e. The van der Waals surface area contributed by atoms with Crippen molar-refractivity contribution in [1.82, 2.24) is 9.88 Å². The predicted octanol–water partition coefficient (Wildman–Crippen LogP) is 3.69. The molecular formula is C21H24N2O3. The fourth-order valence-electron chi connectivity index (χ4n) is 2.53. The molecule has 0 aliphatic heterocycles. The van der Waals surface area contributed by atoms with Crippen LogP contribution in [0.4, 0.5) is 0 Å². The molecule has 0 spiro atoms. The molecule has 0 bridgehead atoms. The van der Waals surface area contributed by atoms with E-state index in [9.17, 15) is 9.59 Å². The molecule has 136 valence electrons. The van der Waals surface area contributed by atoms with Gasteiger partial charge in [-0.25, -0.2) is 0 Å². The highest BCUT2D eigenvalue weighted by Gasteiger charge is 2.13. The van der Waals surface area contributed by atoms with E-state index in [2.05, 4.69) is 4.98 Å². The van der Waals surface area contributed by atoms with Crippen LogP contribution in [0.5, 0.6) is 0 Å². The van der Waals surface area contributed by atoms with Crippen LogP contribution in [0.2, 0.25) is 0 Å². The van der Waals surface area contributed by atoms with E-state index in [4.69, 9.17) is 5.11 Å². The van der Waals surface area contributed by atoms with Crippen LogP contribution in [0.1, 0.15) is 36.1 Å². The summed E-state index contributed by atoms with van der Waals surface area (Å²) in [5.41, 5.74) is 2.80. The topological polar surface area (TPSA) is 70.5 Å². The van der Waals surface area contributed by atoms with Crippen molar-refractivity contribution in [3.05, 3.63) is 71.7 Å². The van der Waals surface area contributed by atoms with Crippen molar-refractivity contribution < 1.29 is 14.7 Å². The van der Waals surface area contributed by atoms with Crippen LogP contribution in [-0.4, -0.2) is 33.4 Å². The number of hydrogen-bond donors (Lipinski definition) is 1. The Bertz CT molecular complexity index is 757. The molecule has 1 N–H and O–H groups in total. The zero-order chi connectivity index (χ0) is 18.8. The molecule has 1 aromatic heterocycles. The van der Waals surface area contributed by atoms with Gasteiger partial charge in [-0.15, -0.1) is 0 Å². The first-order valence-electron chi connectivity index (χ1n) is 8.70. The van der Waals surface area contributed by atoms with Gasteiger partial charge in [-0.1, -0.05) is 30.3 Å². The van der Waals surface area contributed by atoms with E-state index < -0.39 is 5.97 Å². The number of pyridine rings is 1. The summed E-state index contributed by atoms with van der Waals surface area (Å²) in [5.74, 6) is -0.864. The van der Waals surface area contributed by atoms with Crippen LogP contribution in [0.15, 0.2) is 54.9 Å². The first-order valence-corrected chi connectivity index (χ1v) is 8.70. The Morgan fingerprint density at radius 3 is 2.62 bits per heavy atom. The van der Waals surface area contributed by atoms with Crippen molar-refractivity contribution in [2.45, 2.75) is 32.6 Å². The van der Waals surface area contributed by atoms with Crippen molar-refractivity contribution >= 4 is 18.0 Å². The van der Waals surface area contributed by atoms with Gasteiger partial charge in [0.15, 0.2) is 0 Å². The molecule has 26 heavy (non-hydrogen) atoms. The summed E-state index contributed by atoms with van der Waals surface area (Å²) in [6.45, 7) is 2.45. The van der Waals surface area contributed by atoms with Crippen LogP contribution in [-0.2, 0) is 16.0 Å². The van der Waals surface area contributed by atoms with Gasteiger partial charge in [0.1, 0.15) is 0 Å². The molecule has 0 saturated heterocycles. The monoisotopic (exact) mass is 352 g/mol. The smallest absolute Gasteiger partial charge is 0.303 e. The second-order valence-corrected chi connectivity index (χ2v) is 6.17. The SMILES string of the molecule is Cc1ccnc(CC(=O)N(C=Cc2ccccc2)CCCCC(=O)O)c1. The van der Waals surface area contributed by atoms with Gasteiger partial charge in [-0.3, -0.25) is 14.6 Å². The minimum atomic E-state index is -0.813. The molecule has 1 heterocycles. The van der Waals surface area contributed by atoms with Crippen molar-refractivity contribution in [2.75, 3.05) is 6.54 Å². The molecule has 1 amide bonds. The summed E-state index contributed by atoms with van der Waals surface area (Å²) >= 11 is 0. The molecule has 5 heteroatoms. The highest BCUT2D eigenvalue weighted by molar-refractivity contribution is 5.80. The average molecular weight is 352 g/mol. The van der Waals surface area contributed by atoms with Crippen molar-refractivity contribution in [3.63, 3.8) is 0 Å². The van der Waals surface area contributed by atoms with E-state index in [1.807, 2.05) is 55.5 Å². The van der Waals surface area contributed by atoms with Gasteiger partial charge in [0.05, 0.1) is 6.42 Å². The molecule has 1 aromatic carbocycles. The van der Waals surface area contributed by atoms with Gasteiger partial charge in [0, 0.05) is 31.1 Å². The van der Waals surface area contributed by atoms with E-state index >= 15 is 0 Å². The highest BCUT2D eigenvalue weighted by atomic mass is 16.4. The number of hydrogen-bond acceptors (Lipinski definition) is 3. The van der Waals surface area contributed by atoms with Crippen LogP contribution in [0, 0.1) is 6.92 Å². The van der Waals surface area contributed by atoms with Gasteiger partial charge in [0.25, 0.3) is 0 Å². The number of amides is 1. The third kappa shape index (κ3) is 6.89. The first kappa shape index (κ1) is 19.4. The Morgan fingerprint density at radius 1 is 1.15 bits per heavy atom. The largest absolute Gasteiger partial charge is 0.481 e. The fourth-order valence-corrected chi connectivity index (χ4v) is 2.53. The van der Waals surface area contributed by atoms with Gasteiger partial charge in [0.2, 0.25) is 5.91 Å². The third-order valence-corrected chi connectivity index (χ3v) is 3.91. The summed E-state index contributed by atoms with van der Waals surface area (Å²) in [6, 6.07) is 13.5. The predicted molar refractivity (Wildman–Crippen MR) is 101 cm³/mol. The standard InChI is InChI=1S/C21H24N2O3/c1-17-10-12-22-19(15-17)16-20(24)23(13-6-5-9-21(25)26)14-11-18-7-3-2-4-8-18/h2-4,7-8,10-12,14-15H,5-6,9,13,16H2,1H3,(H,25,26). The molecule has 2 rings (SSSR count). The average Bonchev–Trinajstić information content (AvgIpc) is 2.61. The summed E-state index contributed by atoms with van der Waals surface area (Å²) in [6.07, 6.45) is 6.88. The Labute approximate surface area is 154 Å². The summed E-state index contributed by atoms with van der Waals surface area (Å²) < 4.78 is 0. The minimum absolute atomic E-state index is 0.0504. The molecule has 0 saturated carbocycles. The fraction of sp³-hybridized carbons (Fsp3) is 0.286. The molecule has 0 aliphatic rings. The van der Waals surface area contributed by atoms with Gasteiger partial charge < -0.3 is 10.0 Å². The molecule has 0 atom stereocenters. The lowest BCUT2D eigenvalue weighted by Gasteiger charge is -2.18. The Kier molecular flexibility index (Phi) is 7.55. The maximum absolute atomic E-state index is 12.7. The maximum atomic E-state index is 12.7. The van der Waals surface area contributed by atoms with E-state index in [0.717, 1.165) is 16.8 Å². The van der Waals surface area contributed by atoms with Crippen LogP contribution >= 0.6 is 0 Å². The zero-order valence-electron chi connectivity index (χ0n) is 15.0. The molecule has 0 fully saturated rings. The number of nitrogens with zero attached hydrogens (tertiary/aromatic N) is 2. The number of aromatic nitrogens is 1. The molecule has 0 unspecified atom stereocenters. The highest BCUT2D eigenvalue weighted by Crippen LogP contribution is 2.09. The number of carboxylic acids is 1. The molecule has 5 nitrogen and oxygen atoms in total. The number of aryl methyl sites for hydroxylation is 1. The lowest BCUT2D eigenvalue weighted by Crippen LogP contribution is -2.28. The van der Waals surface area contributed by atoms with Gasteiger partial charge >= 0.3 is 5.97 Å². The maximum Gasteiger partial charge on any atom is 0.303 e. The van der Waals surface area contributed by atoms with Gasteiger partial charge in [-0.05, 0) is 49.1 Å². The van der Waals surface area contributed by atoms with Crippen LogP contribution < -0.4 is 0 Å². The van der Waals surface area contributed by atoms with Crippen molar-refractivity contribution in [1.29, 1.82) is 0 Å². The summed E-state index contributed by atoms with van der Waals surface area (Å²) in [7, 11) is 0. The van der Waals surface area contributed by atoms with Crippen LogP contribution in [0.25, 0.3) is 6.08 Å². The van der Waals surface area contributed by atoms with Crippen molar-refractivity contribution in [3.8, 4) is 0 Å². The molecule has 2 aromatic rings. The van der Waals surface area contributed by atoms with Gasteiger partial charge in [-0.2, -0.15) is 0 Å². The quantitative estimate of drug-likeness (QED) is 0.699. The number of unbranched alkanes of at least 4 members (excludes halogenated alkanes) is 1. The van der Waals surface area contributed by atoms with E-state index in [1.165, 1.54) is 0 Å². The second kappa shape index (κ2) is 10.1. The molecule has 0 radical (unpaired) electrons. The Balaban J connectivity index is 2.04. The van der Waals surface area contributed by atoms with Crippen LogP contribution in [0.3, 0.4) is 0 Å².